The minimum atomic E-state index is -3.38. The van der Waals surface area contributed by atoms with Gasteiger partial charge in [-0.3, -0.25) is 10.0 Å². The zero-order valence-electron chi connectivity index (χ0n) is 10.3. The topological polar surface area (TPSA) is 84.5 Å². The molecule has 1 amide bonds. The summed E-state index contributed by atoms with van der Waals surface area (Å²) >= 11 is 5.45. The van der Waals surface area contributed by atoms with E-state index in [1.165, 1.54) is 7.11 Å². The van der Waals surface area contributed by atoms with Gasteiger partial charge in [0.1, 0.15) is 0 Å². The molecular formula is C11H15ClN2O4S. The minimum Gasteiger partial charge on any atom is -0.453 e. The van der Waals surface area contributed by atoms with Gasteiger partial charge < -0.3 is 4.74 Å². The summed E-state index contributed by atoms with van der Waals surface area (Å²) in [5.41, 5.74) is 0.931. The van der Waals surface area contributed by atoms with Gasteiger partial charge in [-0.2, -0.15) is 0 Å². The number of amides is 1. The molecule has 1 aromatic rings. The molecule has 0 aliphatic carbocycles. The number of carbonyl (C=O) groups excluding carboxylic acids is 1. The van der Waals surface area contributed by atoms with E-state index in [9.17, 15) is 13.2 Å². The Balaban J connectivity index is 2.64. The van der Waals surface area contributed by atoms with Gasteiger partial charge in [0, 0.05) is 17.3 Å². The molecule has 0 aromatic heterocycles. The molecule has 106 valence electrons. The van der Waals surface area contributed by atoms with Crippen molar-refractivity contribution in [1.29, 1.82) is 0 Å². The van der Waals surface area contributed by atoms with Crippen molar-refractivity contribution in [1.82, 2.24) is 0 Å². The van der Waals surface area contributed by atoms with Gasteiger partial charge in [0.2, 0.25) is 10.0 Å². The average Bonchev–Trinajstić information content (AvgIpc) is 2.38. The molecule has 19 heavy (non-hydrogen) atoms. The van der Waals surface area contributed by atoms with Crippen LogP contribution in [0.5, 0.6) is 0 Å². The predicted octanol–water partition coefficient (Wildman–Crippen LogP) is 2.24. The first-order chi connectivity index (χ1) is 8.96. The second kappa shape index (κ2) is 7.20. The zero-order chi connectivity index (χ0) is 14.3. The maximum atomic E-state index is 11.6. The summed E-state index contributed by atoms with van der Waals surface area (Å²) in [6.45, 7) is 0. The fraction of sp³-hybridized carbons (Fsp3) is 0.364. The first-order valence-electron chi connectivity index (χ1n) is 5.48. The van der Waals surface area contributed by atoms with Crippen LogP contribution < -0.4 is 10.0 Å². The minimum absolute atomic E-state index is 0.0291. The summed E-state index contributed by atoms with van der Waals surface area (Å²) in [4.78, 5) is 11.0. The Labute approximate surface area is 117 Å². The third-order valence-corrected chi connectivity index (χ3v) is 3.78. The largest absolute Gasteiger partial charge is 0.453 e. The lowest BCUT2D eigenvalue weighted by molar-refractivity contribution is 0.187. The molecular weight excluding hydrogens is 292 g/mol. The molecule has 1 aromatic carbocycles. The van der Waals surface area contributed by atoms with Crippen LogP contribution in [0.3, 0.4) is 0 Å². The van der Waals surface area contributed by atoms with Gasteiger partial charge in [0.05, 0.1) is 12.9 Å². The number of alkyl halides is 1. The highest BCUT2D eigenvalue weighted by Crippen LogP contribution is 2.15. The molecule has 0 fully saturated rings. The van der Waals surface area contributed by atoms with Crippen molar-refractivity contribution in [3.63, 3.8) is 0 Å². The third-order valence-electron chi connectivity index (χ3n) is 2.14. The van der Waals surface area contributed by atoms with Crippen molar-refractivity contribution in [2.75, 3.05) is 28.8 Å². The van der Waals surface area contributed by atoms with Gasteiger partial charge in [0.15, 0.2) is 0 Å². The lowest BCUT2D eigenvalue weighted by atomic mass is 10.3. The maximum absolute atomic E-state index is 11.6. The number of anilines is 2. The molecule has 0 aliphatic heterocycles. The lowest BCUT2D eigenvalue weighted by Crippen LogP contribution is -2.17. The maximum Gasteiger partial charge on any atom is 0.411 e. The van der Waals surface area contributed by atoms with E-state index < -0.39 is 16.1 Å². The van der Waals surface area contributed by atoms with Crippen LogP contribution in [0.4, 0.5) is 16.2 Å². The molecule has 0 saturated carbocycles. The van der Waals surface area contributed by atoms with Crippen molar-refractivity contribution >= 4 is 39.1 Å². The quantitative estimate of drug-likeness (QED) is 0.789. The number of hydrogen-bond donors (Lipinski definition) is 2. The molecule has 0 saturated heterocycles. The van der Waals surface area contributed by atoms with E-state index in [1.807, 2.05) is 0 Å². The number of sulfonamides is 1. The Bertz CT molecular complexity index is 516. The Hall–Kier alpha value is -1.47. The number of carbonyl (C=O) groups is 1. The lowest BCUT2D eigenvalue weighted by Gasteiger charge is -2.08. The molecule has 0 unspecified atom stereocenters. The van der Waals surface area contributed by atoms with Gasteiger partial charge in [0.25, 0.3) is 0 Å². The number of benzene rings is 1. The van der Waals surface area contributed by atoms with Crippen LogP contribution in [-0.4, -0.2) is 33.3 Å². The second-order valence-electron chi connectivity index (χ2n) is 3.66. The second-order valence-corrected chi connectivity index (χ2v) is 5.88. The van der Waals surface area contributed by atoms with E-state index in [1.54, 1.807) is 24.3 Å². The molecule has 1 rings (SSSR count). The van der Waals surface area contributed by atoms with Crippen molar-refractivity contribution in [3.05, 3.63) is 24.3 Å². The summed E-state index contributed by atoms with van der Waals surface area (Å²) in [6, 6.07) is 6.22. The number of halogens is 1. The monoisotopic (exact) mass is 306 g/mol. The van der Waals surface area contributed by atoms with Crippen LogP contribution >= 0.6 is 11.6 Å². The van der Waals surface area contributed by atoms with E-state index in [-0.39, 0.29) is 5.75 Å². The van der Waals surface area contributed by atoms with Crippen LogP contribution in [0.2, 0.25) is 0 Å². The Morgan fingerprint density at radius 1 is 1.26 bits per heavy atom. The number of hydrogen-bond acceptors (Lipinski definition) is 4. The van der Waals surface area contributed by atoms with Crippen molar-refractivity contribution in [2.24, 2.45) is 0 Å². The van der Waals surface area contributed by atoms with Crippen LogP contribution in [0, 0.1) is 0 Å². The van der Waals surface area contributed by atoms with E-state index >= 15 is 0 Å². The SMILES string of the molecule is COC(=O)Nc1ccc(NS(=O)(=O)CCCCl)cc1. The highest BCUT2D eigenvalue weighted by Gasteiger charge is 2.09. The van der Waals surface area contributed by atoms with Crippen LogP contribution in [0.1, 0.15) is 6.42 Å². The van der Waals surface area contributed by atoms with Crippen molar-refractivity contribution < 1.29 is 17.9 Å². The molecule has 0 spiro atoms. The summed E-state index contributed by atoms with van der Waals surface area (Å²) in [5.74, 6) is 0.265. The van der Waals surface area contributed by atoms with Gasteiger partial charge >= 0.3 is 6.09 Å². The summed E-state index contributed by atoms with van der Waals surface area (Å²) in [7, 11) is -2.13. The first kappa shape index (κ1) is 15.6. The van der Waals surface area contributed by atoms with E-state index in [2.05, 4.69) is 14.8 Å². The van der Waals surface area contributed by atoms with Crippen LogP contribution in [-0.2, 0) is 14.8 Å². The van der Waals surface area contributed by atoms with Gasteiger partial charge in [-0.25, -0.2) is 13.2 Å². The Morgan fingerprint density at radius 2 is 1.84 bits per heavy atom. The normalized spacial score (nSPS) is 10.8. The highest BCUT2D eigenvalue weighted by atomic mass is 35.5. The Kier molecular flexibility index (Phi) is 5.91. The number of methoxy groups -OCH3 is 1. The molecule has 2 N–H and O–H groups in total. The molecule has 8 heteroatoms. The van der Waals surface area contributed by atoms with E-state index in [0.29, 0.717) is 23.7 Å². The fourth-order valence-corrected chi connectivity index (χ4v) is 2.68. The Morgan fingerprint density at radius 3 is 2.37 bits per heavy atom. The average molecular weight is 307 g/mol. The van der Waals surface area contributed by atoms with Crippen molar-refractivity contribution in [2.45, 2.75) is 6.42 Å². The summed E-state index contributed by atoms with van der Waals surface area (Å²) < 4.78 is 30.1. The predicted molar refractivity (Wildman–Crippen MR) is 75.2 cm³/mol. The first-order valence-corrected chi connectivity index (χ1v) is 7.67. The molecule has 0 atom stereocenters. The van der Waals surface area contributed by atoms with Gasteiger partial charge in [-0.1, -0.05) is 0 Å². The number of rotatable bonds is 6. The van der Waals surface area contributed by atoms with Crippen LogP contribution in [0.25, 0.3) is 0 Å². The van der Waals surface area contributed by atoms with E-state index in [0.717, 1.165) is 0 Å². The molecule has 0 aliphatic rings. The fourth-order valence-electron chi connectivity index (χ4n) is 1.27. The van der Waals surface area contributed by atoms with Gasteiger partial charge in [-0.15, -0.1) is 11.6 Å². The highest BCUT2D eigenvalue weighted by molar-refractivity contribution is 7.92. The number of ether oxygens (including phenoxy) is 1. The molecule has 0 bridgehead atoms. The molecule has 0 radical (unpaired) electrons. The molecule has 0 heterocycles. The zero-order valence-corrected chi connectivity index (χ0v) is 11.9. The van der Waals surface area contributed by atoms with E-state index in [4.69, 9.17) is 11.6 Å². The number of nitrogens with one attached hydrogen (secondary N) is 2. The molecule has 6 nitrogen and oxygen atoms in total. The third kappa shape index (κ3) is 5.80. The van der Waals surface area contributed by atoms with Crippen LogP contribution in [0.15, 0.2) is 24.3 Å². The van der Waals surface area contributed by atoms with Crippen molar-refractivity contribution in [3.8, 4) is 0 Å². The summed E-state index contributed by atoms with van der Waals surface area (Å²) in [5, 5.41) is 2.46. The van der Waals surface area contributed by atoms with Gasteiger partial charge in [-0.05, 0) is 30.7 Å². The standard InChI is InChI=1S/C11H15ClN2O4S/c1-18-11(15)13-9-3-5-10(6-4-9)14-19(16,17)8-2-7-12/h3-6,14H,2,7-8H2,1H3,(H,13,15). The smallest absolute Gasteiger partial charge is 0.411 e. The summed E-state index contributed by atoms with van der Waals surface area (Å²) in [6.07, 6.45) is -0.200.